The van der Waals surface area contributed by atoms with Crippen LogP contribution in [-0.4, -0.2) is 33.4 Å². The second-order valence-corrected chi connectivity index (χ2v) is 5.15. The molecule has 1 aliphatic heterocycles. The van der Waals surface area contributed by atoms with E-state index in [0.29, 0.717) is 12.2 Å². The lowest BCUT2D eigenvalue weighted by atomic mass is 10.1. The molecule has 0 radical (unpaired) electrons. The Balaban J connectivity index is 1.87. The van der Waals surface area contributed by atoms with Gasteiger partial charge < -0.3 is 5.73 Å². The second-order valence-electron chi connectivity index (χ2n) is 5.15. The molecular formula is C14H18N4O. The van der Waals surface area contributed by atoms with Gasteiger partial charge >= 0.3 is 0 Å². The number of likely N-dealkylation sites (tertiary alicyclic amines) is 1. The van der Waals surface area contributed by atoms with Gasteiger partial charge in [0.15, 0.2) is 0 Å². The van der Waals surface area contributed by atoms with Crippen molar-refractivity contribution in [3.63, 3.8) is 0 Å². The van der Waals surface area contributed by atoms with Gasteiger partial charge in [-0.05, 0) is 31.5 Å². The van der Waals surface area contributed by atoms with Crippen LogP contribution >= 0.6 is 0 Å². The zero-order valence-corrected chi connectivity index (χ0v) is 10.8. The number of piperidine rings is 1. The highest BCUT2D eigenvalue weighted by Gasteiger charge is 2.17. The number of hydrogen-bond acceptors (Lipinski definition) is 4. The van der Waals surface area contributed by atoms with E-state index >= 15 is 0 Å². The van der Waals surface area contributed by atoms with E-state index < -0.39 is 0 Å². The molecule has 5 heteroatoms. The summed E-state index contributed by atoms with van der Waals surface area (Å²) in [5, 5.41) is 0. The summed E-state index contributed by atoms with van der Waals surface area (Å²) < 4.78 is 1.56. The van der Waals surface area contributed by atoms with Crippen molar-refractivity contribution in [2.45, 2.75) is 25.4 Å². The van der Waals surface area contributed by atoms with Gasteiger partial charge in [-0.25, -0.2) is 4.98 Å². The van der Waals surface area contributed by atoms with E-state index in [1.807, 2.05) is 18.2 Å². The van der Waals surface area contributed by atoms with Crippen LogP contribution < -0.4 is 11.3 Å². The lowest BCUT2D eigenvalue weighted by Gasteiger charge is -2.30. The Labute approximate surface area is 111 Å². The Bertz CT molecular complexity index is 637. The third kappa shape index (κ3) is 2.67. The van der Waals surface area contributed by atoms with Crippen LogP contribution in [0.15, 0.2) is 35.3 Å². The number of hydrogen-bond donors (Lipinski definition) is 1. The highest BCUT2D eigenvalue weighted by atomic mass is 16.1. The number of nitrogens with two attached hydrogens (primary N) is 1. The molecule has 0 aliphatic carbocycles. The minimum Gasteiger partial charge on any atom is -0.327 e. The molecule has 2 aromatic heterocycles. The van der Waals surface area contributed by atoms with E-state index in [1.54, 1.807) is 16.7 Å². The number of nitrogens with zero attached hydrogens (tertiary/aromatic N) is 3. The van der Waals surface area contributed by atoms with E-state index in [0.717, 1.165) is 31.6 Å². The van der Waals surface area contributed by atoms with Gasteiger partial charge in [0.1, 0.15) is 5.65 Å². The Morgan fingerprint density at radius 2 is 2.32 bits per heavy atom. The Morgan fingerprint density at radius 1 is 1.42 bits per heavy atom. The molecular weight excluding hydrogens is 240 g/mol. The molecule has 100 valence electrons. The zero-order chi connectivity index (χ0) is 13.2. The van der Waals surface area contributed by atoms with Gasteiger partial charge in [0.25, 0.3) is 5.56 Å². The van der Waals surface area contributed by atoms with Gasteiger partial charge in [-0.1, -0.05) is 6.07 Å². The van der Waals surface area contributed by atoms with Crippen molar-refractivity contribution in [3.05, 3.63) is 46.5 Å². The standard InChI is InChI=1S/C14H18N4O/c15-11-4-3-6-17(9-11)10-12-8-14(19)18-7-2-1-5-13(18)16-12/h1-2,5,7-8,11H,3-4,6,9-10,15H2/t11-/m1/s1. The lowest BCUT2D eigenvalue weighted by Crippen LogP contribution is -2.42. The first-order valence-electron chi connectivity index (χ1n) is 6.67. The molecule has 0 aromatic carbocycles. The van der Waals surface area contributed by atoms with Crippen molar-refractivity contribution in [1.82, 2.24) is 14.3 Å². The first-order valence-corrected chi connectivity index (χ1v) is 6.67. The van der Waals surface area contributed by atoms with E-state index in [9.17, 15) is 4.79 Å². The summed E-state index contributed by atoms with van der Waals surface area (Å²) >= 11 is 0. The third-order valence-corrected chi connectivity index (χ3v) is 3.55. The van der Waals surface area contributed by atoms with Crippen LogP contribution in [0.5, 0.6) is 0 Å². The minimum absolute atomic E-state index is 0.0260. The van der Waals surface area contributed by atoms with Crippen molar-refractivity contribution in [3.8, 4) is 0 Å². The SMILES string of the molecule is N[C@@H]1CCCN(Cc2cc(=O)n3ccccc3n2)C1. The normalized spacial score (nSPS) is 20.8. The summed E-state index contributed by atoms with van der Waals surface area (Å²) in [7, 11) is 0. The average Bonchev–Trinajstić information content (AvgIpc) is 2.39. The number of rotatable bonds is 2. The topological polar surface area (TPSA) is 63.6 Å². The Kier molecular flexibility index (Phi) is 3.31. The highest BCUT2D eigenvalue weighted by molar-refractivity contribution is 5.37. The van der Waals surface area contributed by atoms with Crippen molar-refractivity contribution in [2.75, 3.05) is 13.1 Å². The van der Waals surface area contributed by atoms with E-state index in [-0.39, 0.29) is 11.6 Å². The molecule has 3 rings (SSSR count). The summed E-state index contributed by atoms with van der Waals surface area (Å²) in [6, 6.07) is 7.44. The fraction of sp³-hybridized carbons (Fsp3) is 0.429. The summed E-state index contributed by atoms with van der Waals surface area (Å²) in [4.78, 5) is 18.8. The van der Waals surface area contributed by atoms with Crippen LogP contribution in [-0.2, 0) is 6.54 Å². The molecule has 0 spiro atoms. The molecule has 2 N–H and O–H groups in total. The molecule has 1 aliphatic rings. The molecule has 0 unspecified atom stereocenters. The fourth-order valence-electron chi connectivity index (χ4n) is 2.65. The smallest absolute Gasteiger partial charge is 0.258 e. The molecule has 5 nitrogen and oxygen atoms in total. The molecule has 1 fully saturated rings. The van der Waals surface area contributed by atoms with Crippen molar-refractivity contribution >= 4 is 5.65 Å². The number of pyridine rings is 1. The van der Waals surface area contributed by atoms with Crippen LogP contribution in [0.4, 0.5) is 0 Å². The van der Waals surface area contributed by atoms with Gasteiger partial charge in [-0.15, -0.1) is 0 Å². The largest absolute Gasteiger partial charge is 0.327 e. The van der Waals surface area contributed by atoms with Gasteiger partial charge in [0, 0.05) is 31.4 Å². The predicted molar refractivity (Wildman–Crippen MR) is 73.9 cm³/mol. The Hall–Kier alpha value is -1.72. The third-order valence-electron chi connectivity index (χ3n) is 3.55. The Morgan fingerprint density at radius 3 is 3.16 bits per heavy atom. The van der Waals surface area contributed by atoms with Crippen LogP contribution in [0.2, 0.25) is 0 Å². The molecule has 0 amide bonds. The van der Waals surface area contributed by atoms with Crippen molar-refractivity contribution in [1.29, 1.82) is 0 Å². The monoisotopic (exact) mass is 258 g/mol. The first kappa shape index (κ1) is 12.3. The molecule has 19 heavy (non-hydrogen) atoms. The quantitative estimate of drug-likeness (QED) is 0.857. The van der Waals surface area contributed by atoms with E-state index in [2.05, 4.69) is 9.88 Å². The van der Waals surface area contributed by atoms with Gasteiger partial charge in [0.2, 0.25) is 0 Å². The molecule has 2 aromatic rings. The highest BCUT2D eigenvalue weighted by Crippen LogP contribution is 2.11. The predicted octanol–water partition coefficient (Wildman–Crippen LogP) is 0.618. The second kappa shape index (κ2) is 5.11. The van der Waals surface area contributed by atoms with Crippen LogP contribution in [0.1, 0.15) is 18.5 Å². The maximum atomic E-state index is 12.0. The minimum atomic E-state index is -0.0260. The van der Waals surface area contributed by atoms with Gasteiger partial charge in [-0.2, -0.15) is 0 Å². The van der Waals surface area contributed by atoms with Gasteiger partial charge in [0.05, 0.1) is 5.69 Å². The van der Waals surface area contributed by atoms with Crippen molar-refractivity contribution in [2.24, 2.45) is 5.73 Å². The van der Waals surface area contributed by atoms with E-state index in [4.69, 9.17) is 5.73 Å². The zero-order valence-electron chi connectivity index (χ0n) is 10.8. The molecule has 0 bridgehead atoms. The molecule has 1 atom stereocenters. The van der Waals surface area contributed by atoms with E-state index in [1.165, 1.54) is 0 Å². The fourth-order valence-corrected chi connectivity index (χ4v) is 2.65. The summed E-state index contributed by atoms with van der Waals surface area (Å²) in [5.74, 6) is 0. The first-order chi connectivity index (χ1) is 9.22. The maximum absolute atomic E-state index is 12.0. The maximum Gasteiger partial charge on any atom is 0.258 e. The number of aromatic nitrogens is 2. The van der Waals surface area contributed by atoms with Crippen molar-refractivity contribution < 1.29 is 0 Å². The molecule has 1 saturated heterocycles. The van der Waals surface area contributed by atoms with Crippen LogP contribution in [0.25, 0.3) is 5.65 Å². The lowest BCUT2D eigenvalue weighted by molar-refractivity contribution is 0.199. The van der Waals surface area contributed by atoms with Crippen LogP contribution in [0, 0.1) is 0 Å². The summed E-state index contributed by atoms with van der Waals surface area (Å²) in [5.41, 5.74) is 7.47. The molecule has 0 saturated carbocycles. The van der Waals surface area contributed by atoms with Crippen LogP contribution in [0.3, 0.4) is 0 Å². The number of fused-ring (bicyclic) bond motifs is 1. The summed E-state index contributed by atoms with van der Waals surface area (Å²) in [6.07, 6.45) is 3.95. The molecule has 3 heterocycles. The average molecular weight is 258 g/mol. The van der Waals surface area contributed by atoms with Gasteiger partial charge in [-0.3, -0.25) is 14.1 Å². The summed E-state index contributed by atoms with van der Waals surface area (Å²) in [6.45, 7) is 2.62.